The van der Waals surface area contributed by atoms with Crippen molar-refractivity contribution in [3.63, 3.8) is 0 Å². The van der Waals surface area contributed by atoms with Crippen LogP contribution in [0.4, 0.5) is 0 Å². The molecule has 0 aromatic carbocycles. The van der Waals surface area contributed by atoms with Crippen molar-refractivity contribution in [1.29, 1.82) is 0 Å². The van der Waals surface area contributed by atoms with Gasteiger partial charge in [-0.3, -0.25) is 14.4 Å². The first-order valence-corrected chi connectivity index (χ1v) is 4.34. The minimum absolute atomic E-state index is 1.34. The molecule has 0 aliphatic carbocycles. The number of amides is 2. The van der Waals surface area contributed by atoms with Crippen LogP contribution in [0.1, 0.15) is 6.42 Å². The van der Waals surface area contributed by atoms with Gasteiger partial charge in [-0.15, -0.1) is 0 Å². The van der Waals surface area contributed by atoms with Crippen LogP contribution >= 0.6 is 0 Å². The second kappa shape index (κ2) is 5.23. The number of primary amides is 2. The van der Waals surface area contributed by atoms with Gasteiger partial charge >= 0.3 is 11.9 Å². The molecule has 0 bridgehead atoms. The van der Waals surface area contributed by atoms with Crippen molar-refractivity contribution in [2.24, 2.45) is 17.4 Å². The summed E-state index contributed by atoms with van der Waals surface area (Å²) in [5, 5.41) is 26.7. The number of carbonyl (C=O) groups is 5. The first kappa shape index (κ1) is 15.5. The van der Waals surface area contributed by atoms with Crippen LogP contribution in [0, 0.1) is 5.92 Å². The zero-order valence-corrected chi connectivity index (χ0v) is 8.82. The molecule has 2 amide bonds. The molecule has 0 unspecified atom stereocenters. The van der Waals surface area contributed by atoms with E-state index >= 15 is 0 Å². The largest absolute Gasteiger partial charge is 0.479 e. The number of carboxylic acid groups (broad SMARTS) is 2. The van der Waals surface area contributed by atoms with Gasteiger partial charge in [0.15, 0.2) is 5.60 Å². The van der Waals surface area contributed by atoms with Crippen LogP contribution in [0.15, 0.2) is 0 Å². The summed E-state index contributed by atoms with van der Waals surface area (Å²) in [6.45, 7) is 0. The molecule has 0 rings (SSSR count). The molecule has 0 saturated carbocycles. The van der Waals surface area contributed by atoms with Gasteiger partial charge in [0.2, 0.25) is 11.8 Å². The van der Waals surface area contributed by atoms with Gasteiger partial charge in [-0.2, -0.15) is 0 Å². The minimum atomic E-state index is -3.30. The number of ketones is 1. The molecule has 0 spiro atoms. The lowest BCUT2D eigenvalue weighted by molar-refractivity contribution is -0.175. The van der Waals surface area contributed by atoms with Crippen molar-refractivity contribution in [1.82, 2.24) is 0 Å². The SMILES string of the molecule is NC(=O)C[C@@](O)(C(=O)O)[C@@H](C(N)=O)C(=O)C(=O)O. The molecule has 0 aliphatic rings. The Morgan fingerprint density at radius 2 is 1.50 bits per heavy atom. The Hall–Kier alpha value is -2.49. The summed E-state index contributed by atoms with van der Waals surface area (Å²) in [5.41, 5.74) is 6.04. The Balaban J connectivity index is 5.73. The number of rotatable bonds is 7. The zero-order valence-electron chi connectivity index (χ0n) is 8.82. The Morgan fingerprint density at radius 1 is 1.06 bits per heavy atom. The van der Waals surface area contributed by atoms with Crippen molar-refractivity contribution >= 4 is 29.5 Å². The minimum Gasteiger partial charge on any atom is -0.479 e. The monoisotopic (exact) mass is 262 g/mol. The van der Waals surface area contributed by atoms with Crippen LogP contribution < -0.4 is 11.5 Å². The van der Waals surface area contributed by atoms with Crippen LogP contribution in [0.5, 0.6) is 0 Å². The topological polar surface area (TPSA) is 198 Å². The maximum absolute atomic E-state index is 11.1. The number of aliphatic carboxylic acids is 2. The molecule has 10 heteroatoms. The molecule has 0 aliphatic heterocycles. The molecule has 0 aromatic heterocycles. The highest BCUT2D eigenvalue weighted by Gasteiger charge is 2.54. The van der Waals surface area contributed by atoms with Crippen LogP contribution in [-0.2, 0) is 24.0 Å². The van der Waals surface area contributed by atoms with Gasteiger partial charge in [0.1, 0.15) is 5.92 Å². The highest BCUT2D eigenvalue weighted by Crippen LogP contribution is 2.23. The van der Waals surface area contributed by atoms with Gasteiger partial charge in [0, 0.05) is 0 Å². The highest BCUT2D eigenvalue weighted by atomic mass is 16.4. The number of Topliss-reactive ketones (excluding diaryl/α,β-unsaturated/α-hetero) is 1. The van der Waals surface area contributed by atoms with E-state index in [0.717, 1.165) is 0 Å². The van der Waals surface area contributed by atoms with Crippen molar-refractivity contribution in [2.45, 2.75) is 12.0 Å². The summed E-state index contributed by atoms with van der Waals surface area (Å²) in [6.07, 6.45) is -1.34. The normalized spacial score (nSPS) is 15.2. The number of nitrogens with two attached hydrogens (primary N) is 2. The van der Waals surface area contributed by atoms with Crippen LogP contribution in [0.3, 0.4) is 0 Å². The predicted molar refractivity (Wildman–Crippen MR) is 51.7 cm³/mol. The third kappa shape index (κ3) is 3.01. The maximum atomic E-state index is 11.1. The average molecular weight is 262 g/mol. The van der Waals surface area contributed by atoms with Crippen molar-refractivity contribution < 1.29 is 39.3 Å². The summed E-state index contributed by atoms with van der Waals surface area (Å²) in [7, 11) is 0. The van der Waals surface area contributed by atoms with Gasteiger partial charge in [0.25, 0.3) is 5.78 Å². The molecular formula is C8H10N2O8. The summed E-state index contributed by atoms with van der Waals surface area (Å²) in [4.78, 5) is 54.0. The molecule has 0 saturated heterocycles. The molecule has 0 radical (unpaired) electrons. The average Bonchev–Trinajstić information content (AvgIpc) is 2.14. The van der Waals surface area contributed by atoms with E-state index in [1.165, 1.54) is 0 Å². The molecule has 0 heterocycles. The Bertz CT molecular complexity index is 431. The number of carbonyl (C=O) groups excluding carboxylic acids is 3. The van der Waals surface area contributed by atoms with Gasteiger partial charge < -0.3 is 26.8 Å². The lowest BCUT2D eigenvalue weighted by atomic mass is 9.80. The molecule has 2 atom stereocenters. The third-order valence-corrected chi connectivity index (χ3v) is 2.05. The lowest BCUT2D eigenvalue weighted by Gasteiger charge is -2.26. The van der Waals surface area contributed by atoms with E-state index < -0.39 is 47.5 Å². The smallest absolute Gasteiger partial charge is 0.373 e. The number of hydrogen-bond acceptors (Lipinski definition) is 6. The fraction of sp³-hybridized carbons (Fsp3) is 0.375. The van der Waals surface area contributed by atoms with E-state index in [-0.39, 0.29) is 0 Å². The first-order chi connectivity index (χ1) is 8.04. The first-order valence-electron chi connectivity index (χ1n) is 4.34. The molecule has 7 N–H and O–H groups in total. The van der Waals surface area contributed by atoms with E-state index in [1.54, 1.807) is 0 Å². The second-order valence-corrected chi connectivity index (χ2v) is 3.38. The van der Waals surface area contributed by atoms with Crippen LogP contribution in [-0.4, -0.2) is 50.5 Å². The van der Waals surface area contributed by atoms with Crippen LogP contribution in [0.2, 0.25) is 0 Å². The third-order valence-electron chi connectivity index (χ3n) is 2.05. The fourth-order valence-corrected chi connectivity index (χ4v) is 1.27. The lowest BCUT2D eigenvalue weighted by Crippen LogP contribution is -2.57. The van der Waals surface area contributed by atoms with Gasteiger partial charge in [-0.25, -0.2) is 9.59 Å². The van der Waals surface area contributed by atoms with Crippen LogP contribution in [0.25, 0.3) is 0 Å². The van der Waals surface area contributed by atoms with E-state index in [0.29, 0.717) is 0 Å². The molecule has 0 aromatic rings. The molecule has 18 heavy (non-hydrogen) atoms. The van der Waals surface area contributed by atoms with Crippen molar-refractivity contribution in [2.75, 3.05) is 0 Å². The summed E-state index contributed by atoms with van der Waals surface area (Å²) >= 11 is 0. The Morgan fingerprint density at radius 3 is 1.72 bits per heavy atom. The summed E-state index contributed by atoms with van der Waals surface area (Å²) in [6, 6.07) is 0. The van der Waals surface area contributed by atoms with Crippen molar-refractivity contribution in [3.05, 3.63) is 0 Å². The second-order valence-electron chi connectivity index (χ2n) is 3.38. The standard InChI is InChI=1S/C8H10N2O8/c9-2(11)1-8(18,7(16)17)3(5(10)13)4(12)6(14)15/h3,18H,1H2,(H2,9,11)(H2,10,13)(H,14,15)(H,16,17)/t3-,8+/m1/s1. The summed E-state index contributed by atoms with van der Waals surface area (Å²) in [5.74, 6) is -12.0. The predicted octanol–water partition coefficient (Wildman–Crippen LogP) is -3.57. The molecule has 0 fully saturated rings. The fourth-order valence-electron chi connectivity index (χ4n) is 1.27. The maximum Gasteiger partial charge on any atom is 0.373 e. The Kier molecular flexibility index (Phi) is 4.50. The number of hydrogen-bond donors (Lipinski definition) is 5. The Labute approximate surface area is 99.2 Å². The summed E-state index contributed by atoms with van der Waals surface area (Å²) < 4.78 is 0. The van der Waals surface area contributed by atoms with Crippen molar-refractivity contribution in [3.8, 4) is 0 Å². The highest BCUT2D eigenvalue weighted by molar-refractivity contribution is 6.38. The molecule has 100 valence electrons. The number of carboxylic acids is 2. The van der Waals surface area contributed by atoms with Gasteiger partial charge in [0.05, 0.1) is 6.42 Å². The molecular weight excluding hydrogens is 252 g/mol. The van der Waals surface area contributed by atoms with Gasteiger partial charge in [-0.05, 0) is 0 Å². The number of aliphatic hydroxyl groups is 1. The van der Waals surface area contributed by atoms with E-state index in [1.807, 2.05) is 0 Å². The van der Waals surface area contributed by atoms with E-state index in [9.17, 15) is 29.1 Å². The quantitative estimate of drug-likeness (QED) is 0.229. The van der Waals surface area contributed by atoms with E-state index in [4.69, 9.17) is 10.2 Å². The van der Waals surface area contributed by atoms with E-state index in [2.05, 4.69) is 11.5 Å². The zero-order chi connectivity index (χ0) is 14.7. The van der Waals surface area contributed by atoms with Gasteiger partial charge in [-0.1, -0.05) is 0 Å². The molecule has 10 nitrogen and oxygen atoms in total.